The summed E-state index contributed by atoms with van der Waals surface area (Å²) in [6.07, 6.45) is 7.18. The maximum Gasteiger partial charge on any atom is 0.192 e. The molecule has 2 unspecified atom stereocenters. The van der Waals surface area contributed by atoms with Crippen LogP contribution in [0.1, 0.15) is 52.9 Å². The van der Waals surface area contributed by atoms with Crippen molar-refractivity contribution in [3.63, 3.8) is 0 Å². The van der Waals surface area contributed by atoms with Gasteiger partial charge in [-0.05, 0) is 43.8 Å². The van der Waals surface area contributed by atoms with Crippen LogP contribution in [-0.4, -0.2) is 38.5 Å². The van der Waals surface area contributed by atoms with Gasteiger partial charge in [0.2, 0.25) is 0 Å². The van der Waals surface area contributed by atoms with E-state index < -0.39 is 8.32 Å². The summed E-state index contributed by atoms with van der Waals surface area (Å²) in [5.74, 6) is 0. The fraction of sp³-hybridized carbons (Fsp3) is 1.00. The summed E-state index contributed by atoms with van der Waals surface area (Å²) in [7, 11) is -1.54. The molecule has 3 heteroatoms. The second-order valence-electron chi connectivity index (χ2n) is 7.66. The first-order valence-electron chi connectivity index (χ1n) is 7.71. The van der Waals surface area contributed by atoms with Gasteiger partial charge in [-0.15, -0.1) is 0 Å². The summed E-state index contributed by atoms with van der Waals surface area (Å²) < 4.78 is 6.32. The molecule has 2 saturated heterocycles. The third-order valence-electron chi connectivity index (χ3n) is 5.46. The molecule has 2 nitrogen and oxygen atoms in total. The first kappa shape index (κ1) is 14.5. The predicted molar refractivity (Wildman–Crippen MR) is 80.5 cm³/mol. The van der Waals surface area contributed by atoms with Gasteiger partial charge in [-0.25, -0.2) is 0 Å². The highest BCUT2D eigenvalue weighted by atomic mass is 28.4. The summed E-state index contributed by atoms with van der Waals surface area (Å²) in [4.78, 5) is 2.75. The van der Waals surface area contributed by atoms with Crippen LogP contribution in [0, 0.1) is 0 Å². The molecule has 2 aliphatic heterocycles. The third kappa shape index (κ3) is 2.99. The quantitative estimate of drug-likeness (QED) is 0.715. The Morgan fingerprint density at radius 1 is 1.06 bits per heavy atom. The van der Waals surface area contributed by atoms with E-state index in [0.717, 1.165) is 18.7 Å². The third-order valence-corrected chi connectivity index (χ3v) is 10.0. The molecule has 2 aliphatic rings. The zero-order valence-electron chi connectivity index (χ0n) is 13.0. The fourth-order valence-electron chi connectivity index (χ4n) is 3.21. The molecule has 106 valence electrons. The zero-order valence-corrected chi connectivity index (χ0v) is 14.0. The minimum atomic E-state index is -1.54. The molecule has 18 heavy (non-hydrogen) atoms. The monoisotopic (exact) mass is 269 g/mol. The molecule has 0 N–H and O–H groups in total. The van der Waals surface area contributed by atoms with Crippen molar-refractivity contribution >= 4 is 8.32 Å². The van der Waals surface area contributed by atoms with Gasteiger partial charge in [0.15, 0.2) is 8.32 Å². The zero-order chi connectivity index (χ0) is 13.4. The Morgan fingerprint density at radius 2 is 1.61 bits per heavy atom. The summed E-state index contributed by atoms with van der Waals surface area (Å²) in [5, 5.41) is 0.341. The molecule has 0 radical (unpaired) electrons. The van der Waals surface area contributed by atoms with Gasteiger partial charge in [0.1, 0.15) is 0 Å². The fourth-order valence-corrected chi connectivity index (χ4v) is 4.25. The smallest absolute Gasteiger partial charge is 0.192 e. The van der Waals surface area contributed by atoms with Crippen molar-refractivity contribution in [2.24, 2.45) is 0 Å². The second-order valence-corrected chi connectivity index (χ2v) is 12.5. The van der Waals surface area contributed by atoms with Gasteiger partial charge < -0.3 is 4.43 Å². The van der Waals surface area contributed by atoms with Crippen molar-refractivity contribution in [2.75, 3.05) is 13.2 Å². The number of nitrogens with zero attached hydrogens (tertiary/aromatic N) is 1. The van der Waals surface area contributed by atoms with Crippen molar-refractivity contribution in [1.29, 1.82) is 0 Å². The highest BCUT2D eigenvalue weighted by Crippen LogP contribution is 2.37. The van der Waals surface area contributed by atoms with Gasteiger partial charge >= 0.3 is 0 Å². The lowest BCUT2D eigenvalue weighted by Crippen LogP contribution is -2.45. The van der Waals surface area contributed by atoms with Crippen molar-refractivity contribution in [3.8, 4) is 0 Å². The number of hydrogen-bond acceptors (Lipinski definition) is 2. The molecular weight excluding hydrogens is 238 g/mol. The van der Waals surface area contributed by atoms with E-state index in [-0.39, 0.29) is 0 Å². The van der Waals surface area contributed by atoms with Gasteiger partial charge in [-0.2, -0.15) is 0 Å². The number of fused-ring (bicyclic) bond motifs is 2. The first-order valence-corrected chi connectivity index (χ1v) is 10.6. The maximum absolute atomic E-state index is 6.32. The molecule has 0 spiro atoms. The lowest BCUT2D eigenvalue weighted by molar-refractivity contribution is 0.112. The first-order chi connectivity index (χ1) is 8.31. The Bertz CT molecular complexity index is 269. The van der Waals surface area contributed by atoms with Crippen LogP contribution in [0.5, 0.6) is 0 Å². The van der Waals surface area contributed by atoms with Crippen LogP contribution in [0.25, 0.3) is 0 Å². The van der Waals surface area contributed by atoms with E-state index in [0.29, 0.717) is 5.04 Å². The molecule has 2 rings (SSSR count). The largest absolute Gasteiger partial charge is 0.416 e. The van der Waals surface area contributed by atoms with Crippen LogP contribution in [-0.2, 0) is 4.43 Å². The molecule has 2 heterocycles. The van der Waals surface area contributed by atoms with Crippen LogP contribution in [0.2, 0.25) is 18.1 Å². The van der Waals surface area contributed by atoms with Crippen LogP contribution in [0.4, 0.5) is 0 Å². The molecule has 2 bridgehead atoms. The van der Waals surface area contributed by atoms with Crippen LogP contribution < -0.4 is 0 Å². The summed E-state index contributed by atoms with van der Waals surface area (Å²) >= 11 is 0. The van der Waals surface area contributed by atoms with Gasteiger partial charge in [-0.1, -0.05) is 27.2 Å². The summed E-state index contributed by atoms with van der Waals surface area (Å²) in [6.45, 7) is 13.8. The Labute approximate surface area is 114 Å². The molecule has 0 aromatic carbocycles. The number of rotatable bonds is 4. The Hall–Kier alpha value is 0.137. The lowest BCUT2D eigenvalue weighted by atomic mass is 10.0. The summed E-state index contributed by atoms with van der Waals surface area (Å²) in [5.41, 5.74) is 0. The maximum atomic E-state index is 6.32. The molecule has 0 aromatic heterocycles. The minimum absolute atomic E-state index is 0.341. The molecule has 0 saturated carbocycles. The Morgan fingerprint density at radius 3 is 2.11 bits per heavy atom. The van der Waals surface area contributed by atoms with Crippen molar-refractivity contribution in [2.45, 2.75) is 83.1 Å². The van der Waals surface area contributed by atoms with Gasteiger partial charge in [0, 0.05) is 25.2 Å². The normalized spacial score (nSPS) is 29.8. The average molecular weight is 270 g/mol. The van der Waals surface area contributed by atoms with Gasteiger partial charge in [0.05, 0.1) is 0 Å². The van der Waals surface area contributed by atoms with E-state index in [1.807, 2.05) is 0 Å². The summed E-state index contributed by atoms with van der Waals surface area (Å²) in [6, 6.07) is 1.76. The molecule has 0 aromatic rings. The average Bonchev–Trinajstić information content (AvgIpc) is 2.47. The number of hydrogen-bond donors (Lipinski definition) is 0. The molecule has 2 fully saturated rings. The topological polar surface area (TPSA) is 12.5 Å². The molecule has 2 atom stereocenters. The Balaban J connectivity index is 1.79. The molecule has 0 aliphatic carbocycles. The Kier molecular flexibility index (Phi) is 4.25. The highest BCUT2D eigenvalue weighted by molar-refractivity contribution is 6.74. The molecular formula is C15H31NOSi. The van der Waals surface area contributed by atoms with E-state index >= 15 is 0 Å². The van der Waals surface area contributed by atoms with E-state index in [4.69, 9.17) is 4.43 Å². The van der Waals surface area contributed by atoms with E-state index in [1.54, 1.807) is 0 Å². The van der Waals surface area contributed by atoms with E-state index in [1.165, 1.54) is 38.6 Å². The second kappa shape index (κ2) is 5.26. The highest BCUT2D eigenvalue weighted by Gasteiger charge is 2.39. The van der Waals surface area contributed by atoms with Gasteiger partial charge in [-0.3, -0.25) is 4.90 Å². The van der Waals surface area contributed by atoms with Gasteiger partial charge in [0.25, 0.3) is 0 Å². The van der Waals surface area contributed by atoms with Crippen LogP contribution >= 0.6 is 0 Å². The van der Waals surface area contributed by atoms with E-state index in [2.05, 4.69) is 38.8 Å². The van der Waals surface area contributed by atoms with Crippen LogP contribution in [0.15, 0.2) is 0 Å². The SMILES string of the molecule is CC(C)(C)[Si](C)(C)OCCN1C2CCCC1CC2. The van der Waals surface area contributed by atoms with Crippen molar-refractivity contribution in [3.05, 3.63) is 0 Å². The van der Waals surface area contributed by atoms with E-state index in [9.17, 15) is 0 Å². The van der Waals surface area contributed by atoms with Crippen LogP contribution in [0.3, 0.4) is 0 Å². The van der Waals surface area contributed by atoms with Crippen molar-refractivity contribution in [1.82, 2.24) is 4.90 Å². The predicted octanol–water partition coefficient (Wildman–Crippen LogP) is 4.03. The number of piperidine rings is 1. The van der Waals surface area contributed by atoms with Crippen molar-refractivity contribution < 1.29 is 4.43 Å². The standard InChI is InChI=1S/C15H31NOSi/c1-15(2,3)18(4,5)17-12-11-16-13-7-6-8-14(16)10-9-13/h13-14H,6-12H2,1-5H3. The minimum Gasteiger partial charge on any atom is -0.416 e. The lowest BCUT2D eigenvalue weighted by Gasteiger charge is -2.39. The molecule has 0 amide bonds.